The van der Waals surface area contributed by atoms with Crippen LogP contribution < -0.4 is 48.7 Å². The number of aliphatic hydroxyl groups excluding tert-OH is 1. The van der Waals surface area contributed by atoms with Gasteiger partial charge in [0.05, 0.1) is 25.4 Å². The molecule has 0 radical (unpaired) electrons. The molecule has 1 aliphatic rings. The first kappa shape index (κ1) is 45.6. The van der Waals surface area contributed by atoms with Crippen LogP contribution in [0.1, 0.15) is 58.8 Å². The van der Waals surface area contributed by atoms with Gasteiger partial charge in [-0.15, -0.1) is 0 Å². The quantitative estimate of drug-likeness (QED) is 0.0827. The van der Waals surface area contributed by atoms with Crippen LogP contribution in [0.5, 0.6) is 0 Å². The molecule has 300 valence electrons. The van der Waals surface area contributed by atoms with Crippen molar-refractivity contribution in [2.75, 3.05) is 0 Å². The fourth-order valence-corrected chi connectivity index (χ4v) is 4.68. The van der Waals surface area contributed by atoms with E-state index in [9.17, 15) is 78.0 Å². The van der Waals surface area contributed by atoms with Crippen LogP contribution in [-0.4, -0.2) is 140 Å². The highest BCUT2D eigenvalue weighted by molar-refractivity contribution is 6.00. The number of carboxylic acids is 3. The monoisotopic (exact) mass is 773 g/mol. The van der Waals surface area contributed by atoms with Gasteiger partial charge in [-0.05, 0) is 26.7 Å². The Bertz CT molecular complexity index is 1520. The van der Waals surface area contributed by atoms with Crippen LogP contribution in [0.25, 0.3) is 0 Å². The molecule has 25 heteroatoms. The first-order chi connectivity index (χ1) is 25.0. The average Bonchev–Trinajstić information content (AvgIpc) is 3.04. The zero-order chi connectivity index (χ0) is 41.4. The number of amides is 9. The largest absolute Gasteiger partial charge is 0.481 e. The summed E-state index contributed by atoms with van der Waals surface area (Å²) in [6.07, 6.45) is -7.64. The number of primary amides is 2. The number of aliphatic carboxylic acids is 3. The number of hydrogen-bond donors (Lipinski definition) is 13. The van der Waals surface area contributed by atoms with E-state index in [1.165, 1.54) is 0 Å². The molecule has 0 aromatic carbocycles. The smallest absolute Gasteiger partial charge is 0.305 e. The van der Waals surface area contributed by atoms with Crippen molar-refractivity contribution in [3.63, 3.8) is 0 Å². The van der Waals surface area contributed by atoms with E-state index in [2.05, 4.69) is 21.3 Å². The SMILES string of the molecule is C[C@@H]1NC(=O)[C@H](CC(=O)O)NC(=O)[C@H](CCC(N)=O)NC(=O)[C@H]([C@@H](C)O)NC(=O)[C@H](CC(N)=O)NC(=O)[C@H](CC(=O)O)NC(=O)[C@H](CCC(=O)O)NC1=O. The number of rotatable bonds is 13. The molecule has 0 saturated carbocycles. The van der Waals surface area contributed by atoms with Gasteiger partial charge in [0.2, 0.25) is 53.2 Å². The minimum atomic E-state index is -2.07. The summed E-state index contributed by atoms with van der Waals surface area (Å²) in [6, 6.07) is -13.3. The van der Waals surface area contributed by atoms with Gasteiger partial charge in [0, 0.05) is 12.8 Å². The first-order valence-electron chi connectivity index (χ1n) is 16.0. The van der Waals surface area contributed by atoms with E-state index in [1.54, 1.807) is 0 Å². The molecule has 0 unspecified atom stereocenters. The zero-order valence-electron chi connectivity index (χ0n) is 28.9. The number of carboxylic acid groups (broad SMARTS) is 3. The van der Waals surface area contributed by atoms with Gasteiger partial charge in [-0.2, -0.15) is 0 Å². The number of aliphatic hydroxyl groups is 1. The number of nitrogens with two attached hydrogens (primary N) is 2. The van der Waals surface area contributed by atoms with Crippen molar-refractivity contribution in [2.24, 2.45) is 11.5 Å². The molecular weight excluding hydrogens is 730 g/mol. The average molecular weight is 774 g/mol. The molecule has 1 fully saturated rings. The summed E-state index contributed by atoms with van der Waals surface area (Å²) in [5.74, 6) is -16.2. The van der Waals surface area contributed by atoms with Gasteiger partial charge in [0.1, 0.15) is 42.3 Å². The maximum absolute atomic E-state index is 13.3. The van der Waals surface area contributed by atoms with E-state index in [-0.39, 0.29) is 0 Å². The van der Waals surface area contributed by atoms with Crippen molar-refractivity contribution in [3.05, 3.63) is 0 Å². The van der Waals surface area contributed by atoms with Crippen LogP contribution in [0.3, 0.4) is 0 Å². The molecular formula is C29H43N9O16. The van der Waals surface area contributed by atoms with Crippen molar-refractivity contribution < 1.29 is 78.0 Å². The number of hydrogen-bond acceptors (Lipinski definition) is 13. The van der Waals surface area contributed by atoms with E-state index < -0.39 is 164 Å². The summed E-state index contributed by atoms with van der Waals surface area (Å²) >= 11 is 0. The Hall–Kier alpha value is -6.40. The van der Waals surface area contributed by atoms with Crippen molar-refractivity contribution in [1.29, 1.82) is 0 Å². The molecule has 1 saturated heterocycles. The summed E-state index contributed by atoms with van der Waals surface area (Å²) in [4.78, 5) is 151. The second-order valence-electron chi connectivity index (χ2n) is 12.1. The lowest BCUT2D eigenvalue weighted by molar-refractivity contribution is -0.142. The molecule has 0 aliphatic carbocycles. The Morgan fingerprint density at radius 3 is 1.30 bits per heavy atom. The summed E-state index contributed by atoms with van der Waals surface area (Å²) in [7, 11) is 0. The minimum absolute atomic E-state index is 0.572. The van der Waals surface area contributed by atoms with Crippen LogP contribution in [0, 0.1) is 0 Å². The molecule has 15 N–H and O–H groups in total. The van der Waals surface area contributed by atoms with E-state index >= 15 is 0 Å². The van der Waals surface area contributed by atoms with Crippen molar-refractivity contribution >= 4 is 71.1 Å². The third-order valence-corrected chi connectivity index (χ3v) is 7.47. The van der Waals surface area contributed by atoms with Crippen LogP contribution in [-0.2, 0) is 57.5 Å². The number of carbonyl (C=O) groups excluding carboxylic acids is 9. The third kappa shape index (κ3) is 15.9. The van der Waals surface area contributed by atoms with E-state index in [4.69, 9.17) is 11.5 Å². The van der Waals surface area contributed by atoms with Gasteiger partial charge in [-0.3, -0.25) is 57.5 Å². The summed E-state index contributed by atoms with van der Waals surface area (Å²) in [5.41, 5.74) is 10.4. The van der Waals surface area contributed by atoms with Gasteiger partial charge >= 0.3 is 17.9 Å². The highest BCUT2D eigenvalue weighted by Crippen LogP contribution is 2.07. The van der Waals surface area contributed by atoms with Crippen molar-refractivity contribution in [1.82, 2.24) is 37.2 Å². The maximum atomic E-state index is 13.3. The molecule has 1 rings (SSSR count). The molecule has 9 amide bonds. The molecule has 1 heterocycles. The molecule has 54 heavy (non-hydrogen) atoms. The van der Waals surface area contributed by atoms with E-state index in [0.29, 0.717) is 0 Å². The molecule has 25 nitrogen and oxygen atoms in total. The van der Waals surface area contributed by atoms with Gasteiger partial charge in [0.25, 0.3) is 0 Å². The summed E-state index contributed by atoms with van der Waals surface area (Å²) in [5, 5.41) is 52.8. The minimum Gasteiger partial charge on any atom is -0.481 e. The van der Waals surface area contributed by atoms with Crippen molar-refractivity contribution in [3.8, 4) is 0 Å². The standard InChI is InChI=1S/C29H43N9O16/c1-10-23(48)33-13(4-6-19(42)43)25(50)37-16(9-21(46)47)27(52)35-14(7-18(31)41)28(53)38-22(11(2)39)29(54)34-12(3-5-17(30)40)24(49)36-15(8-20(44)45)26(51)32-10/h10-16,22,39H,3-9H2,1-2H3,(H2,30,40)(H2,31,41)(H,32,51)(H,33,48)(H,34,54)(H,35,52)(H,36,49)(H,37,50)(H,38,53)(H,42,43)(H,44,45)(H,46,47)/t10-,11+,12-,13-,14-,15-,16-,22-/m0/s1. The Morgan fingerprint density at radius 1 is 0.519 bits per heavy atom. The first-order valence-corrected chi connectivity index (χ1v) is 16.0. The second-order valence-corrected chi connectivity index (χ2v) is 12.1. The van der Waals surface area contributed by atoms with Crippen LogP contribution in [0.4, 0.5) is 0 Å². The van der Waals surface area contributed by atoms with Crippen molar-refractivity contribution in [2.45, 2.75) is 107 Å². The van der Waals surface area contributed by atoms with Gasteiger partial charge in [-0.1, -0.05) is 0 Å². The Morgan fingerprint density at radius 2 is 0.889 bits per heavy atom. The van der Waals surface area contributed by atoms with Crippen LogP contribution >= 0.6 is 0 Å². The Kier molecular flexibility index (Phi) is 17.9. The molecule has 0 bridgehead atoms. The lowest BCUT2D eigenvalue weighted by Crippen LogP contribution is -2.62. The van der Waals surface area contributed by atoms with Gasteiger partial charge in [-0.25, -0.2) is 0 Å². The molecule has 8 atom stereocenters. The zero-order valence-corrected chi connectivity index (χ0v) is 28.9. The predicted octanol–water partition coefficient (Wildman–Crippen LogP) is -7.25. The lowest BCUT2D eigenvalue weighted by Gasteiger charge is -2.27. The lowest BCUT2D eigenvalue weighted by atomic mass is 10.1. The predicted molar refractivity (Wildman–Crippen MR) is 174 cm³/mol. The Balaban J connectivity index is 3.84. The van der Waals surface area contributed by atoms with E-state index in [0.717, 1.165) is 13.8 Å². The molecule has 0 spiro atoms. The highest BCUT2D eigenvalue weighted by atomic mass is 16.4. The molecule has 0 aromatic rings. The van der Waals surface area contributed by atoms with E-state index in [1.807, 2.05) is 16.0 Å². The van der Waals surface area contributed by atoms with Crippen LogP contribution in [0.2, 0.25) is 0 Å². The van der Waals surface area contributed by atoms with Gasteiger partial charge in [0.15, 0.2) is 0 Å². The summed E-state index contributed by atoms with van der Waals surface area (Å²) < 4.78 is 0. The Labute approximate surface area is 305 Å². The highest BCUT2D eigenvalue weighted by Gasteiger charge is 2.37. The van der Waals surface area contributed by atoms with Gasteiger partial charge < -0.3 is 69.1 Å². The summed E-state index contributed by atoms with van der Waals surface area (Å²) in [6.45, 7) is 2.04. The second kappa shape index (κ2) is 21.2. The fraction of sp³-hybridized carbons (Fsp3) is 0.586. The number of nitrogens with one attached hydrogen (secondary N) is 7. The third-order valence-electron chi connectivity index (χ3n) is 7.47. The number of carbonyl (C=O) groups is 12. The fourth-order valence-electron chi connectivity index (χ4n) is 4.68. The topological polar surface area (TPSA) is 422 Å². The normalized spacial score (nSPS) is 25.8. The van der Waals surface area contributed by atoms with Crippen LogP contribution in [0.15, 0.2) is 0 Å². The molecule has 0 aromatic heterocycles. The maximum Gasteiger partial charge on any atom is 0.305 e. The molecule has 1 aliphatic heterocycles.